The Labute approximate surface area is 129 Å². The van der Waals surface area contributed by atoms with Crippen LogP contribution in [-0.4, -0.2) is 40.3 Å². The van der Waals surface area contributed by atoms with E-state index in [2.05, 4.69) is 10.0 Å². The normalized spacial score (nSPS) is 11.3. The van der Waals surface area contributed by atoms with Gasteiger partial charge in [-0.1, -0.05) is 36.4 Å². The summed E-state index contributed by atoms with van der Waals surface area (Å²) >= 11 is 0. The summed E-state index contributed by atoms with van der Waals surface area (Å²) in [7, 11) is -3.23. The number of amides is 1. The Morgan fingerprint density at radius 2 is 1.82 bits per heavy atom. The van der Waals surface area contributed by atoms with Crippen molar-refractivity contribution in [3.63, 3.8) is 0 Å². The second kappa shape index (κ2) is 7.24. The number of carbonyl (C=O) groups is 1. The summed E-state index contributed by atoms with van der Waals surface area (Å²) in [5, 5.41) is 4.56. The Kier molecular flexibility index (Phi) is 5.35. The number of carbonyl (C=O) groups excluding carboxylic acids is 1. The molecule has 1 amide bonds. The van der Waals surface area contributed by atoms with Crippen LogP contribution in [0.4, 0.5) is 0 Å². The van der Waals surface area contributed by atoms with E-state index in [0.29, 0.717) is 5.75 Å². The van der Waals surface area contributed by atoms with Gasteiger partial charge >= 0.3 is 0 Å². The number of fused-ring (bicyclic) bond motifs is 1. The Balaban J connectivity index is 1.83. The fraction of sp³-hybridized carbons (Fsp3) is 0.267. The molecule has 2 aromatic carbocycles. The molecule has 0 aliphatic carbocycles. The van der Waals surface area contributed by atoms with Crippen molar-refractivity contribution in [3.05, 3.63) is 42.5 Å². The van der Waals surface area contributed by atoms with E-state index in [1.165, 1.54) is 0 Å². The van der Waals surface area contributed by atoms with E-state index in [4.69, 9.17) is 4.74 Å². The van der Waals surface area contributed by atoms with E-state index in [0.717, 1.165) is 17.0 Å². The average Bonchev–Trinajstić information content (AvgIpc) is 2.48. The van der Waals surface area contributed by atoms with Crippen molar-refractivity contribution in [2.75, 3.05) is 26.0 Å². The molecular formula is C15H18N2O4S. The van der Waals surface area contributed by atoms with Gasteiger partial charge in [-0.05, 0) is 11.5 Å². The SMILES string of the molecule is CS(=O)(=O)NCCNC(=O)COc1cccc2ccccc12. The fourth-order valence-corrected chi connectivity index (χ4v) is 2.43. The van der Waals surface area contributed by atoms with E-state index in [-0.39, 0.29) is 25.6 Å². The van der Waals surface area contributed by atoms with Crippen LogP contribution >= 0.6 is 0 Å². The van der Waals surface area contributed by atoms with E-state index >= 15 is 0 Å². The highest BCUT2D eigenvalue weighted by atomic mass is 32.2. The Hall–Kier alpha value is -2.12. The number of rotatable bonds is 7. The van der Waals surface area contributed by atoms with Gasteiger partial charge in [-0.25, -0.2) is 13.1 Å². The van der Waals surface area contributed by atoms with Crippen LogP contribution in [-0.2, 0) is 14.8 Å². The maximum Gasteiger partial charge on any atom is 0.257 e. The molecule has 0 saturated carbocycles. The van der Waals surface area contributed by atoms with Crippen molar-refractivity contribution < 1.29 is 17.9 Å². The van der Waals surface area contributed by atoms with Crippen LogP contribution in [0, 0.1) is 0 Å². The van der Waals surface area contributed by atoms with Crippen LogP contribution in [0.5, 0.6) is 5.75 Å². The predicted octanol–water partition coefficient (Wildman–Crippen LogP) is 0.884. The summed E-state index contributed by atoms with van der Waals surface area (Å²) < 4.78 is 29.5. The topological polar surface area (TPSA) is 84.5 Å². The molecule has 0 spiro atoms. The summed E-state index contributed by atoms with van der Waals surface area (Å²) in [5.74, 6) is 0.339. The van der Waals surface area contributed by atoms with Gasteiger partial charge in [0.05, 0.1) is 6.26 Å². The lowest BCUT2D eigenvalue weighted by Gasteiger charge is -2.10. The molecule has 0 heterocycles. The van der Waals surface area contributed by atoms with Crippen molar-refractivity contribution in [1.29, 1.82) is 0 Å². The molecule has 2 N–H and O–H groups in total. The first-order valence-electron chi connectivity index (χ1n) is 6.77. The van der Waals surface area contributed by atoms with Crippen LogP contribution in [0.1, 0.15) is 0 Å². The van der Waals surface area contributed by atoms with Gasteiger partial charge < -0.3 is 10.1 Å². The van der Waals surface area contributed by atoms with Crippen LogP contribution in [0.15, 0.2) is 42.5 Å². The quantitative estimate of drug-likeness (QED) is 0.741. The second-order valence-electron chi connectivity index (χ2n) is 4.78. The van der Waals surface area contributed by atoms with Gasteiger partial charge in [0.25, 0.3) is 5.91 Å². The molecular weight excluding hydrogens is 304 g/mol. The molecule has 0 aliphatic rings. The van der Waals surface area contributed by atoms with Gasteiger partial charge in [0.15, 0.2) is 6.61 Å². The molecule has 0 fully saturated rings. The number of benzene rings is 2. The van der Waals surface area contributed by atoms with Crippen LogP contribution in [0.2, 0.25) is 0 Å². The second-order valence-corrected chi connectivity index (χ2v) is 6.62. The molecule has 7 heteroatoms. The van der Waals surface area contributed by atoms with Crippen molar-refractivity contribution in [3.8, 4) is 5.75 Å². The maximum absolute atomic E-state index is 11.7. The first-order valence-corrected chi connectivity index (χ1v) is 8.67. The fourth-order valence-electron chi connectivity index (χ4n) is 1.95. The van der Waals surface area contributed by atoms with E-state index in [1.54, 1.807) is 6.07 Å². The lowest BCUT2D eigenvalue weighted by molar-refractivity contribution is -0.123. The highest BCUT2D eigenvalue weighted by Crippen LogP contribution is 2.24. The van der Waals surface area contributed by atoms with Crippen molar-refractivity contribution in [2.45, 2.75) is 0 Å². The molecule has 22 heavy (non-hydrogen) atoms. The third-order valence-electron chi connectivity index (χ3n) is 2.92. The zero-order valence-corrected chi connectivity index (χ0v) is 13.0. The lowest BCUT2D eigenvalue weighted by Crippen LogP contribution is -2.36. The molecule has 2 rings (SSSR count). The zero-order valence-electron chi connectivity index (χ0n) is 12.2. The highest BCUT2D eigenvalue weighted by molar-refractivity contribution is 7.88. The third kappa shape index (κ3) is 5.01. The molecule has 0 atom stereocenters. The zero-order chi connectivity index (χ0) is 16.0. The average molecular weight is 322 g/mol. The third-order valence-corrected chi connectivity index (χ3v) is 3.65. The van der Waals surface area contributed by atoms with Gasteiger partial charge in [0.1, 0.15) is 5.75 Å². The molecule has 0 radical (unpaired) electrons. The number of hydrogen-bond acceptors (Lipinski definition) is 4. The molecule has 6 nitrogen and oxygen atoms in total. The predicted molar refractivity (Wildman–Crippen MR) is 85.3 cm³/mol. The van der Waals surface area contributed by atoms with Crippen LogP contribution < -0.4 is 14.8 Å². The van der Waals surface area contributed by atoms with E-state index in [9.17, 15) is 13.2 Å². The van der Waals surface area contributed by atoms with Gasteiger partial charge in [0, 0.05) is 18.5 Å². The minimum atomic E-state index is -3.23. The minimum absolute atomic E-state index is 0.118. The molecule has 2 aromatic rings. The Morgan fingerprint density at radius 3 is 2.59 bits per heavy atom. The molecule has 0 unspecified atom stereocenters. The number of nitrogens with one attached hydrogen (secondary N) is 2. The lowest BCUT2D eigenvalue weighted by atomic mass is 10.1. The van der Waals surface area contributed by atoms with E-state index < -0.39 is 10.0 Å². The van der Waals surface area contributed by atoms with Gasteiger partial charge in [-0.2, -0.15) is 0 Å². The maximum atomic E-state index is 11.7. The summed E-state index contributed by atoms with van der Waals surface area (Å²) in [6.07, 6.45) is 1.07. The summed E-state index contributed by atoms with van der Waals surface area (Å²) in [6, 6.07) is 13.4. The monoisotopic (exact) mass is 322 g/mol. The van der Waals surface area contributed by atoms with Gasteiger partial charge in [-0.3, -0.25) is 4.79 Å². The van der Waals surface area contributed by atoms with Crippen molar-refractivity contribution >= 4 is 26.7 Å². The number of ether oxygens (including phenoxy) is 1. The Bertz CT molecular complexity index is 754. The summed E-state index contributed by atoms with van der Waals surface area (Å²) in [6.45, 7) is 0.247. The minimum Gasteiger partial charge on any atom is -0.483 e. The number of sulfonamides is 1. The summed E-state index contributed by atoms with van der Waals surface area (Å²) in [5.41, 5.74) is 0. The molecule has 0 aliphatic heterocycles. The largest absolute Gasteiger partial charge is 0.483 e. The first-order chi connectivity index (χ1) is 10.5. The smallest absolute Gasteiger partial charge is 0.257 e. The highest BCUT2D eigenvalue weighted by Gasteiger charge is 2.06. The molecule has 0 aromatic heterocycles. The van der Waals surface area contributed by atoms with Gasteiger partial charge in [-0.15, -0.1) is 0 Å². The van der Waals surface area contributed by atoms with Crippen LogP contribution in [0.25, 0.3) is 10.8 Å². The number of hydrogen-bond donors (Lipinski definition) is 2. The summed E-state index contributed by atoms with van der Waals surface area (Å²) in [4.78, 5) is 11.7. The first kappa shape index (κ1) is 16.3. The molecule has 118 valence electrons. The standard InChI is InChI=1S/C15H18N2O4S/c1-22(19,20)17-10-9-16-15(18)11-21-14-8-4-6-12-5-2-3-7-13(12)14/h2-8,17H,9-11H2,1H3,(H,16,18). The van der Waals surface area contributed by atoms with Crippen LogP contribution in [0.3, 0.4) is 0 Å². The van der Waals surface area contributed by atoms with Gasteiger partial charge in [0.2, 0.25) is 10.0 Å². The van der Waals surface area contributed by atoms with Crippen molar-refractivity contribution in [2.24, 2.45) is 0 Å². The molecule has 0 bridgehead atoms. The van der Waals surface area contributed by atoms with Crippen molar-refractivity contribution in [1.82, 2.24) is 10.0 Å². The van der Waals surface area contributed by atoms with E-state index in [1.807, 2.05) is 36.4 Å². The Morgan fingerprint density at radius 1 is 1.09 bits per heavy atom. The molecule has 0 saturated heterocycles.